The van der Waals surface area contributed by atoms with E-state index in [4.69, 9.17) is 4.52 Å². The summed E-state index contributed by atoms with van der Waals surface area (Å²) in [6.45, 7) is 3.35. The zero-order valence-corrected chi connectivity index (χ0v) is 15.1. The van der Waals surface area contributed by atoms with E-state index < -0.39 is 0 Å². The largest absolute Gasteiger partial charge is 0.338 e. The van der Waals surface area contributed by atoms with Gasteiger partial charge in [-0.05, 0) is 44.5 Å². The summed E-state index contributed by atoms with van der Waals surface area (Å²) in [5, 5.41) is 6.77. The monoisotopic (exact) mass is 370 g/mol. The minimum absolute atomic E-state index is 0.0711. The van der Waals surface area contributed by atoms with Crippen molar-refractivity contribution in [3.8, 4) is 0 Å². The third-order valence-corrected chi connectivity index (χ3v) is 4.87. The molecule has 1 aliphatic rings. The third kappa shape index (κ3) is 3.92. The standard InChI is InChI=1S/C18H22N6O3/c1-11-19-17(27-23-11)15-4-2-3-8-24(15)9-7-16(25)20-12-5-6-13-14(10-12)22-18(26)21-13/h5-6,10,15H,2-4,7-9H2,1H3,(H,20,25)(H2,21,22,26). The molecule has 1 fully saturated rings. The Morgan fingerprint density at radius 3 is 3.00 bits per heavy atom. The van der Waals surface area contributed by atoms with Gasteiger partial charge in [-0.15, -0.1) is 0 Å². The third-order valence-electron chi connectivity index (χ3n) is 4.87. The van der Waals surface area contributed by atoms with E-state index >= 15 is 0 Å². The fourth-order valence-electron chi connectivity index (χ4n) is 3.57. The molecule has 4 rings (SSSR count). The number of likely N-dealkylation sites (tertiary alicyclic amines) is 1. The minimum atomic E-state index is -0.263. The van der Waals surface area contributed by atoms with Crippen LogP contribution in [0.1, 0.15) is 43.4 Å². The molecule has 1 aliphatic heterocycles. The molecule has 142 valence electrons. The summed E-state index contributed by atoms with van der Waals surface area (Å²) in [7, 11) is 0. The maximum Gasteiger partial charge on any atom is 0.323 e. The average molecular weight is 370 g/mol. The van der Waals surface area contributed by atoms with Crippen molar-refractivity contribution in [2.45, 2.75) is 38.6 Å². The molecule has 3 aromatic rings. The van der Waals surface area contributed by atoms with Crippen LogP contribution in [-0.4, -0.2) is 44.0 Å². The molecule has 0 aliphatic carbocycles. The minimum Gasteiger partial charge on any atom is -0.338 e. The summed E-state index contributed by atoms with van der Waals surface area (Å²) in [5.41, 5.74) is 1.77. The number of imidazole rings is 1. The van der Waals surface area contributed by atoms with Gasteiger partial charge in [-0.2, -0.15) is 4.98 Å². The van der Waals surface area contributed by atoms with Crippen LogP contribution >= 0.6 is 0 Å². The predicted molar refractivity (Wildman–Crippen MR) is 99.4 cm³/mol. The first kappa shape index (κ1) is 17.5. The number of fused-ring (bicyclic) bond motifs is 1. The van der Waals surface area contributed by atoms with Gasteiger partial charge in [0.2, 0.25) is 11.8 Å². The van der Waals surface area contributed by atoms with E-state index in [2.05, 4.69) is 30.3 Å². The first-order valence-corrected chi connectivity index (χ1v) is 9.14. The number of H-pyrrole nitrogens is 2. The molecule has 9 heteroatoms. The van der Waals surface area contributed by atoms with Gasteiger partial charge in [-0.3, -0.25) is 9.69 Å². The molecule has 1 unspecified atom stereocenters. The molecule has 2 aromatic heterocycles. The highest BCUT2D eigenvalue weighted by Crippen LogP contribution is 2.29. The molecule has 0 saturated carbocycles. The number of carbonyl (C=O) groups is 1. The van der Waals surface area contributed by atoms with Crippen molar-refractivity contribution in [1.29, 1.82) is 0 Å². The van der Waals surface area contributed by atoms with Gasteiger partial charge < -0.3 is 19.8 Å². The van der Waals surface area contributed by atoms with Crippen molar-refractivity contribution in [1.82, 2.24) is 25.0 Å². The topological polar surface area (TPSA) is 120 Å². The van der Waals surface area contributed by atoms with Gasteiger partial charge in [0.05, 0.1) is 17.1 Å². The van der Waals surface area contributed by atoms with Crippen LogP contribution in [0.4, 0.5) is 5.69 Å². The Bertz CT molecular complexity index is 1000. The predicted octanol–water partition coefficient (Wildman–Crippen LogP) is 2.10. The maximum absolute atomic E-state index is 12.4. The SMILES string of the molecule is Cc1noc(C2CCCCN2CCC(=O)Nc2ccc3[nH]c(=O)[nH]c3c2)n1. The molecule has 1 saturated heterocycles. The van der Waals surface area contributed by atoms with Gasteiger partial charge in [-0.1, -0.05) is 11.6 Å². The van der Waals surface area contributed by atoms with E-state index in [1.54, 1.807) is 18.2 Å². The molecule has 0 spiro atoms. The highest BCUT2D eigenvalue weighted by Gasteiger charge is 2.28. The van der Waals surface area contributed by atoms with Gasteiger partial charge in [0.1, 0.15) is 0 Å². The lowest BCUT2D eigenvalue weighted by atomic mass is 10.0. The number of carbonyl (C=O) groups excluding carboxylic acids is 1. The van der Waals surface area contributed by atoms with Crippen LogP contribution in [0, 0.1) is 6.92 Å². The first-order chi connectivity index (χ1) is 13.1. The van der Waals surface area contributed by atoms with Crippen molar-refractivity contribution in [3.05, 3.63) is 40.4 Å². The second-order valence-electron chi connectivity index (χ2n) is 6.87. The Morgan fingerprint density at radius 1 is 1.33 bits per heavy atom. The molecular formula is C18H22N6O3. The van der Waals surface area contributed by atoms with Crippen LogP contribution in [0.2, 0.25) is 0 Å². The van der Waals surface area contributed by atoms with Crippen molar-refractivity contribution in [2.24, 2.45) is 0 Å². The molecule has 1 aromatic carbocycles. The lowest BCUT2D eigenvalue weighted by Gasteiger charge is -2.33. The second-order valence-corrected chi connectivity index (χ2v) is 6.87. The number of hydrogen-bond donors (Lipinski definition) is 3. The van der Waals surface area contributed by atoms with Gasteiger partial charge in [0.15, 0.2) is 5.82 Å². The van der Waals surface area contributed by atoms with Gasteiger partial charge in [0.25, 0.3) is 0 Å². The van der Waals surface area contributed by atoms with Crippen LogP contribution in [0.15, 0.2) is 27.5 Å². The molecule has 1 atom stereocenters. The summed E-state index contributed by atoms with van der Waals surface area (Å²) in [6, 6.07) is 5.36. The highest BCUT2D eigenvalue weighted by atomic mass is 16.5. The number of hydrogen-bond acceptors (Lipinski definition) is 6. The summed E-state index contributed by atoms with van der Waals surface area (Å²) in [5.74, 6) is 1.19. The van der Waals surface area contributed by atoms with Crippen LogP contribution in [0.3, 0.4) is 0 Å². The fraction of sp³-hybridized carbons (Fsp3) is 0.444. The van der Waals surface area contributed by atoms with E-state index in [1.165, 1.54) is 0 Å². The maximum atomic E-state index is 12.4. The van der Waals surface area contributed by atoms with E-state index in [9.17, 15) is 9.59 Å². The quantitative estimate of drug-likeness (QED) is 0.633. The number of aryl methyl sites for hydroxylation is 1. The molecular weight excluding hydrogens is 348 g/mol. The van der Waals surface area contributed by atoms with Gasteiger partial charge >= 0.3 is 5.69 Å². The van der Waals surface area contributed by atoms with Crippen molar-refractivity contribution < 1.29 is 9.32 Å². The van der Waals surface area contributed by atoms with E-state index in [-0.39, 0.29) is 17.6 Å². The number of anilines is 1. The van der Waals surface area contributed by atoms with Gasteiger partial charge in [-0.25, -0.2) is 4.79 Å². The van der Waals surface area contributed by atoms with E-state index in [0.29, 0.717) is 41.4 Å². The number of nitrogens with one attached hydrogen (secondary N) is 3. The smallest absolute Gasteiger partial charge is 0.323 e. The Labute approximate surface area is 155 Å². The number of aromatic nitrogens is 4. The van der Waals surface area contributed by atoms with E-state index in [1.807, 2.05) is 6.92 Å². The number of nitrogens with zero attached hydrogens (tertiary/aromatic N) is 3. The normalized spacial score (nSPS) is 18.0. The van der Waals surface area contributed by atoms with Crippen LogP contribution in [-0.2, 0) is 4.79 Å². The first-order valence-electron chi connectivity index (χ1n) is 9.14. The molecule has 0 radical (unpaired) electrons. The van der Waals surface area contributed by atoms with Crippen LogP contribution in [0.5, 0.6) is 0 Å². The number of aromatic amines is 2. The zero-order chi connectivity index (χ0) is 18.8. The summed E-state index contributed by atoms with van der Waals surface area (Å²) in [6.07, 6.45) is 3.54. The second kappa shape index (κ2) is 7.36. The fourth-order valence-corrected chi connectivity index (χ4v) is 3.57. The van der Waals surface area contributed by atoms with Crippen LogP contribution < -0.4 is 11.0 Å². The van der Waals surface area contributed by atoms with Crippen molar-refractivity contribution >= 4 is 22.6 Å². The molecule has 9 nitrogen and oxygen atoms in total. The molecule has 1 amide bonds. The summed E-state index contributed by atoms with van der Waals surface area (Å²) in [4.78, 5) is 35.7. The molecule has 3 heterocycles. The molecule has 27 heavy (non-hydrogen) atoms. The molecule has 0 bridgehead atoms. The molecule has 3 N–H and O–H groups in total. The van der Waals surface area contributed by atoms with E-state index in [0.717, 1.165) is 25.8 Å². The Kier molecular flexibility index (Phi) is 4.76. The zero-order valence-electron chi connectivity index (χ0n) is 15.1. The van der Waals surface area contributed by atoms with Crippen molar-refractivity contribution in [3.63, 3.8) is 0 Å². The summed E-state index contributed by atoms with van der Waals surface area (Å²) >= 11 is 0. The lowest BCUT2D eigenvalue weighted by molar-refractivity contribution is -0.116. The van der Waals surface area contributed by atoms with Crippen LogP contribution in [0.25, 0.3) is 11.0 Å². The average Bonchev–Trinajstić information content (AvgIpc) is 3.24. The number of benzene rings is 1. The number of piperidine rings is 1. The lowest BCUT2D eigenvalue weighted by Crippen LogP contribution is -2.35. The van der Waals surface area contributed by atoms with Gasteiger partial charge in [0, 0.05) is 18.7 Å². The Balaban J connectivity index is 1.37. The highest BCUT2D eigenvalue weighted by molar-refractivity contribution is 5.93. The summed E-state index contributed by atoms with van der Waals surface area (Å²) < 4.78 is 5.34. The number of amides is 1. The van der Waals surface area contributed by atoms with Crippen molar-refractivity contribution in [2.75, 3.05) is 18.4 Å². The Hall–Kier alpha value is -2.94. The Morgan fingerprint density at radius 2 is 2.19 bits per heavy atom. The number of rotatable bonds is 5.